The molecule has 136 valence electrons. The molecule has 3 aromatic rings. The van der Waals surface area contributed by atoms with Crippen molar-refractivity contribution in [1.82, 2.24) is 9.78 Å². The summed E-state index contributed by atoms with van der Waals surface area (Å²) in [5.41, 5.74) is 7.77. The van der Waals surface area contributed by atoms with E-state index in [1.165, 1.54) is 11.3 Å². The number of carbonyl (C=O) groups is 1. The predicted molar refractivity (Wildman–Crippen MR) is 105 cm³/mol. The number of nitrogens with zero attached hydrogens (tertiary/aromatic N) is 2. The van der Waals surface area contributed by atoms with Gasteiger partial charge < -0.3 is 15.2 Å². The Kier molecular flexibility index (Phi) is 5.92. The van der Waals surface area contributed by atoms with Gasteiger partial charge in [-0.1, -0.05) is 0 Å². The lowest BCUT2D eigenvalue weighted by molar-refractivity contribution is 0.216. The molecule has 3 rings (SSSR count). The molecule has 3 N–H and O–H groups in total. The Hall–Kier alpha value is -2.36. The number of aryl methyl sites for hydroxylation is 1. The minimum Gasteiger partial charge on any atom is -0.492 e. The normalized spacial score (nSPS) is 10.6. The third-order valence-electron chi connectivity index (χ3n) is 3.43. The molecule has 2 heterocycles. The summed E-state index contributed by atoms with van der Waals surface area (Å²) in [6.45, 7) is 0.806. The van der Waals surface area contributed by atoms with E-state index >= 15 is 0 Å². The van der Waals surface area contributed by atoms with Gasteiger partial charge in [0.05, 0.1) is 5.69 Å². The van der Waals surface area contributed by atoms with Crippen molar-refractivity contribution in [3.8, 4) is 22.1 Å². The van der Waals surface area contributed by atoms with E-state index in [9.17, 15) is 4.79 Å². The number of hydrogen-bond donors (Lipinski definition) is 2. The van der Waals surface area contributed by atoms with Crippen LogP contribution in [0.5, 0.6) is 10.8 Å². The summed E-state index contributed by atoms with van der Waals surface area (Å²) in [5.74, 6) is 0.667. The molecule has 1 amide bonds. The van der Waals surface area contributed by atoms with Gasteiger partial charge in [0, 0.05) is 47.0 Å². The molecular formula is C17H17BrN4O3S. The zero-order valence-electron chi connectivity index (χ0n) is 13.9. The Morgan fingerprint density at radius 1 is 1.38 bits per heavy atom. The van der Waals surface area contributed by atoms with Crippen LogP contribution in [0.15, 0.2) is 46.4 Å². The SMILES string of the molecule is Cn1nccc1-c1cc(NC(=O)Oc2cc(Br)cs2)ccc1OCCN. The lowest BCUT2D eigenvalue weighted by atomic mass is 10.1. The highest BCUT2D eigenvalue weighted by molar-refractivity contribution is 9.10. The molecule has 9 heteroatoms. The molecule has 26 heavy (non-hydrogen) atoms. The lowest BCUT2D eigenvalue weighted by Gasteiger charge is -2.13. The number of ether oxygens (including phenoxy) is 2. The van der Waals surface area contributed by atoms with Gasteiger partial charge in [-0.3, -0.25) is 10.00 Å². The number of nitrogens with two attached hydrogens (primary N) is 1. The van der Waals surface area contributed by atoms with Crippen LogP contribution in [0.1, 0.15) is 0 Å². The van der Waals surface area contributed by atoms with Crippen LogP contribution in [0, 0.1) is 0 Å². The van der Waals surface area contributed by atoms with E-state index in [0.29, 0.717) is 29.7 Å². The molecule has 2 aromatic heterocycles. The predicted octanol–water partition coefficient (Wildman–Crippen LogP) is 3.86. The summed E-state index contributed by atoms with van der Waals surface area (Å²) in [5, 5.41) is 9.25. The quantitative estimate of drug-likeness (QED) is 0.611. The number of amides is 1. The molecule has 1 aromatic carbocycles. The van der Waals surface area contributed by atoms with Gasteiger partial charge in [0.25, 0.3) is 0 Å². The first kappa shape index (κ1) is 18.4. The third kappa shape index (κ3) is 4.43. The van der Waals surface area contributed by atoms with E-state index in [1.807, 2.05) is 24.6 Å². The first-order chi connectivity index (χ1) is 12.6. The maximum atomic E-state index is 12.1. The van der Waals surface area contributed by atoms with E-state index < -0.39 is 6.09 Å². The Morgan fingerprint density at radius 3 is 2.88 bits per heavy atom. The van der Waals surface area contributed by atoms with Gasteiger partial charge in [-0.2, -0.15) is 5.10 Å². The number of anilines is 1. The van der Waals surface area contributed by atoms with Crippen LogP contribution in [0.3, 0.4) is 0 Å². The maximum Gasteiger partial charge on any atom is 0.417 e. The summed E-state index contributed by atoms with van der Waals surface area (Å²) in [6, 6.07) is 8.95. The Balaban J connectivity index is 1.81. The summed E-state index contributed by atoms with van der Waals surface area (Å²) in [6.07, 6.45) is 1.14. The van der Waals surface area contributed by atoms with Crippen LogP contribution in [0.25, 0.3) is 11.3 Å². The van der Waals surface area contributed by atoms with Crippen molar-refractivity contribution < 1.29 is 14.3 Å². The van der Waals surface area contributed by atoms with E-state index in [-0.39, 0.29) is 0 Å². The van der Waals surface area contributed by atoms with Gasteiger partial charge in [0.2, 0.25) is 0 Å². The molecule has 0 saturated heterocycles. The molecule has 0 aliphatic rings. The number of halogens is 1. The van der Waals surface area contributed by atoms with Crippen LogP contribution in [-0.4, -0.2) is 29.0 Å². The zero-order chi connectivity index (χ0) is 18.5. The van der Waals surface area contributed by atoms with Crippen LogP contribution >= 0.6 is 27.3 Å². The van der Waals surface area contributed by atoms with Gasteiger partial charge >= 0.3 is 6.09 Å². The van der Waals surface area contributed by atoms with Crippen molar-refractivity contribution in [2.24, 2.45) is 12.8 Å². The first-order valence-corrected chi connectivity index (χ1v) is 9.42. The Morgan fingerprint density at radius 2 is 2.23 bits per heavy atom. The smallest absolute Gasteiger partial charge is 0.417 e. The monoisotopic (exact) mass is 436 g/mol. The fourth-order valence-electron chi connectivity index (χ4n) is 2.32. The van der Waals surface area contributed by atoms with Gasteiger partial charge in [-0.25, -0.2) is 4.79 Å². The first-order valence-electron chi connectivity index (χ1n) is 7.75. The van der Waals surface area contributed by atoms with E-state index in [1.54, 1.807) is 29.1 Å². The fourth-order valence-corrected chi connectivity index (χ4v) is 3.58. The minimum atomic E-state index is -0.564. The molecule has 0 aliphatic heterocycles. The topological polar surface area (TPSA) is 91.4 Å². The summed E-state index contributed by atoms with van der Waals surface area (Å²) in [4.78, 5) is 12.1. The standard InChI is InChI=1S/C17H17BrN4O3S/c1-22-14(4-6-20-22)13-9-12(2-3-15(13)24-7-5-19)21-17(23)25-16-8-11(18)10-26-16/h2-4,6,8-10H,5,7,19H2,1H3,(H,21,23). The molecule has 0 radical (unpaired) electrons. The number of rotatable bonds is 6. The molecule has 0 atom stereocenters. The molecule has 0 bridgehead atoms. The number of nitrogens with one attached hydrogen (secondary N) is 1. The Labute approximate surface area is 162 Å². The second-order valence-corrected chi connectivity index (χ2v) is 7.08. The van der Waals surface area contributed by atoms with Crippen molar-refractivity contribution in [3.05, 3.63) is 46.4 Å². The van der Waals surface area contributed by atoms with E-state index in [4.69, 9.17) is 15.2 Å². The minimum absolute atomic E-state index is 0.396. The number of thiophene rings is 1. The van der Waals surface area contributed by atoms with Gasteiger partial charge in [0.15, 0.2) is 5.06 Å². The van der Waals surface area contributed by atoms with Crippen molar-refractivity contribution in [1.29, 1.82) is 0 Å². The van der Waals surface area contributed by atoms with Crippen LogP contribution in [-0.2, 0) is 7.05 Å². The highest BCUT2D eigenvalue weighted by Crippen LogP contribution is 2.33. The fraction of sp³-hybridized carbons (Fsp3) is 0.176. The molecular weight excluding hydrogens is 420 g/mol. The van der Waals surface area contributed by atoms with Crippen molar-refractivity contribution >= 4 is 39.0 Å². The van der Waals surface area contributed by atoms with E-state index in [0.717, 1.165) is 15.7 Å². The Bertz CT molecular complexity index is 909. The number of hydrogen-bond acceptors (Lipinski definition) is 6. The lowest BCUT2D eigenvalue weighted by Crippen LogP contribution is -2.16. The molecule has 0 spiro atoms. The summed E-state index contributed by atoms with van der Waals surface area (Å²) in [7, 11) is 1.84. The highest BCUT2D eigenvalue weighted by Gasteiger charge is 2.13. The third-order valence-corrected chi connectivity index (χ3v) is 5.00. The van der Waals surface area contributed by atoms with Gasteiger partial charge in [-0.05, 0) is 40.2 Å². The molecule has 7 nitrogen and oxygen atoms in total. The van der Waals surface area contributed by atoms with Crippen molar-refractivity contribution in [2.45, 2.75) is 0 Å². The summed E-state index contributed by atoms with van der Waals surface area (Å²) >= 11 is 4.65. The summed E-state index contributed by atoms with van der Waals surface area (Å²) < 4.78 is 13.6. The van der Waals surface area contributed by atoms with Crippen molar-refractivity contribution in [2.75, 3.05) is 18.5 Å². The maximum absolute atomic E-state index is 12.1. The molecule has 0 aliphatic carbocycles. The van der Waals surface area contributed by atoms with Crippen molar-refractivity contribution in [3.63, 3.8) is 0 Å². The van der Waals surface area contributed by atoms with Gasteiger partial charge in [0.1, 0.15) is 12.4 Å². The zero-order valence-corrected chi connectivity index (χ0v) is 16.3. The number of aromatic nitrogens is 2. The molecule has 0 fully saturated rings. The van der Waals surface area contributed by atoms with Crippen LogP contribution in [0.4, 0.5) is 10.5 Å². The van der Waals surface area contributed by atoms with Gasteiger partial charge in [-0.15, -0.1) is 11.3 Å². The molecule has 0 unspecified atom stereocenters. The largest absolute Gasteiger partial charge is 0.492 e. The van der Waals surface area contributed by atoms with Crippen LogP contribution in [0.2, 0.25) is 0 Å². The molecule has 0 saturated carbocycles. The van der Waals surface area contributed by atoms with E-state index in [2.05, 4.69) is 26.3 Å². The average molecular weight is 437 g/mol. The number of benzene rings is 1. The highest BCUT2D eigenvalue weighted by atomic mass is 79.9. The average Bonchev–Trinajstić information content (AvgIpc) is 3.21. The second kappa shape index (κ2) is 8.35. The van der Waals surface area contributed by atoms with Crippen LogP contribution < -0.4 is 20.5 Å². The number of carbonyl (C=O) groups excluding carboxylic acids is 1. The second-order valence-electron chi connectivity index (χ2n) is 5.29.